The maximum Gasteiger partial charge on any atom is 0.317 e. The summed E-state index contributed by atoms with van der Waals surface area (Å²) >= 11 is 0. The van der Waals surface area contributed by atoms with Gasteiger partial charge in [0.25, 0.3) is 0 Å². The van der Waals surface area contributed by atoms with Crippen LogP contribution in [0.1, 0.15) is 25.7 Å². The molecular formula is C10H19N3O. The van der Waals surface area contributed by atoms with E-state index in [1.807, 2.05) is 4.90 Å². The fraction of sp³-hybridized carbons (Fsp3) is 0.900. The van der Waals surface area contributed by atoms with Gasteiger partial charge in [0.1, 0.15) is 0 Å². The van der Waals surface area contributed by atoms with Gasteiger partial charge in [0, 0.05) is 19.6 Å². The first-order valence-corrected chi connectivity index (χ1v) is 5.57. The normalized spacial score (nSPS) is 28.5. The number of nitrogens with one attached hydrogen (secondary N) is 1. The van der Waals surface area contributed by atoms with Gasteiger partial charge in [-0.05, 0) is 18.8 Å². The summed E-state index contributed by atoms with van der Waals surface area (Å²) in [6.45, 7) is 2.11. The average molecular weight is 197 g/mol. The highest BCUT2D eigenvalue weighted by Gasteiger charge is 2.34. The van der Waals surface area contributed by atoms with Crippen molar-refractivity contribution in [1.29, 1.82) is 0 Å². The van der Waals surface area contributed by atoms with Gasteiger partial charge < -0.3 is 16.0 Å². The SMILES string of the molecule is NCCN1CC(C2CCCC2)NC1=O. The first kappa shape index (κ1) is 9.77. The van der Waals surface area contributed by atoms with Crippen LogP contribution < -0.4 is 11.1 Å². The minimum Gasteiger partial charge on any atom is -0.333 e. The van der Waals surface area contributed by atoms with Crippen molar-refractivity contribution in [3.05, 3.63) is 0 Å². The summed E-state index contributed by atoms with van der Waals surface area (Å²) < 4.78 is 0. The summed E-state index contributed by atoms with van der Waals surface area (Å²) in [6, 6.07) is 0.462. The number of urea groups is 1. The predicted molar refractivity (Wildman–Crippen MR) is 54.9 cm³/mol. The van der Waals surface area contributed by atoms with E-state index in [0.717, 1.165) is 6.54 Å². The fourth-order valence-corrected chi connectivity index (χ4v) is 2.59. The van der Waals surface area contributed by atoms with Crippen LogP contribution in [0, 0.1) is 5.92 Å². The van der Waals surface area contributed by atoms with E-state index in [2.05, 4.69) is 5.32 Å². The Bertz CT molecular complexity index is 213. The van der Waals surface area contributed by atoms with Gasteiger partial charge in [0.2, 0.25) is 0 Å². The molecule has 1 unspecified atom stereocenters. The lowest BCUT2D eigenvalue weighted by Crippen LogP contribution is -2.33. The van der Waals surface area contributed by atoms with Crippen LogP contribution in [0.4, 0.5) is 4.79 Å². The highest BCUT2D eigenvalue weighted by atomic mass is 16.2. The molecule has 1 atom stereocenters. The minimum atomic E-state index is 0.0763. The average Bonchev–Trinajstić information content (AvgIpc) is 2.76. The molecule has 2 fully saturated rings. The van der Waals surface area contributed by atoms with Crippen LogP contribution in [0.2, 0.25) is 0 Å². The third-order valence-electron chi connectivity index (χ3n) is 3.38. The lowest BCUT2D eigenvalue weighted by Gasteiger charge is -2.17. The van der Waals surface area contributed by atoms with Crippen LogP contribution in [0.3, 0.4) is 0 Å². The molecule has 0 aromatic rings. The molecule has 2 amide bonds. The molecule has 1 heterocycles. The number of amides is 2. The Hall–Kier alpha value is -0.770. The summed E-state index contributed by atoms with van der Waals surface area (Å²) in [4.78, 5) is 13.3. The zero-order valence-electron chi connectivity index (χ0n) is 8.54. The molecule has 1 aliphatic heterocycles. The van der Waals surface area contributed by atoms with Crippen LogP contribution in [0.15, 0.2) is 0 Å². The van der Waals surface area contributed by atoms with Crippen molar-refractivity contribution in [3.8, 4) is 0 Å². The Morgan fingerprint density at radius 3 is 2.79 bits per heavy atom. The number of rotatable bonds is 3. The summed E-state index contributed by atoms with van der Waals surface area (Å²) in [5, 5.41) is 3.06. The molecule has 0 aromatic carbocycles. The Morgan fingerprint density at radius 1 is 1.43 bits per heavy atom. The number of carbonyl (C=O) groups excluding carboxylic acids is 1. The molecule has 0 spiro atoms. The van der Waals surface area contributed by atoms with E-state index in [1.54, 1.807) is 0 Å². The van der Waals surface area contributed by atoms with Gasteiger partial charge in [-0.25, -0.2) is 4.79 Å². The van der Waals surface area contributed by atoms with E-state index in [-0.39, 0.29) is 6.03 Å². The lowest BCUT2D eigenvalue weighted by atomic mass is 9.99. The third kappa shape index (κ3) is 1.85. The van der Waals surface area contributed by atoms with Gasteiger partial charge in [-0.3, -0.25) is 0 Å². The predicted octanol–water partition coefficient (Wildman–Crippen LogP) is 0.529. The van der Waals surface area contributed by atoms with Crippen molar-refractivity contribution in [2.24, 2.45) is 11.7 Å². The second-order valence-electron chi connectivity index (χ2n) is 4.34. The number of hydrogen-bond acceptors (Lipinski definition) is 2. The van der Waals surface area contributed by atoms with Crippen LogP contribution in [0.25, 0.3) is 0 Å². The van der Waals surface area contributed by atoms with Gasteiger partial charge in [0.05, 0.1) is 6.04 Å². The van der Waals surface area contributed by atoms with Crippen molar-refractivity contribution in [2.45, 2.75) is 31.7 Å². The molecule has 4 nitrogen and oxygen atoms in total. The van der Waals surface area contributed by atoms with E-state index in [1.165, 1.54) is 25.7 Å². The molecule has 2 aliphatic rings. The van der Waals surface area contributed by atoms with Crippen LogP contribution in [-0.2, 0) is 0 Å². The van der Waals surface area contributed by atoms with E-state index in [9.17, 15) is 4.79 Å². The molecule has 0 bridgehead atoms. The molecule has 1 saturated heterocycles. The molecule has 1 aliphatic carbocycles. The largest absolute Gasteiger partial charge is 0.333 e. The zero-order valence-corrected chi connectivity index (χ0v) is 8.54. The maximum absolute atomic E-state index is 11.5. The van der Waals surface area contributed by atoms with Crippen LogP contribution >= 0.6 is 0 Å². The molecule has 1 saturated carbocycles. The quantitative estimate of drug-likeness (QED) is 0.693. The molecule has 80 valence electrons. The van der Waals surface area contributed by atoms with Crippen molar-refractivity contribution in [2.75, 3.05) is 19.6 Å². The smallest absolute Gasteiger partial charge is 0.317 e. The van der Waals surface area contributed by atoms with Gasteiger partial charge in [-0.15, -0.1) is 0 Å². The van der Waals surface area contributed by atoms with Gasteiger partial charge >= 0.3 is 6.03 Å². The summed E-state index contributed by atoms with van der Waals surface area (Å²) in [5.41, 5.74) is 5.45. The number of nitrogens with zero attached hydrogens (tertiary/aromatic N) is 1. The minimum absolute atomic E-state index is 0.0763. The van der Waals surface area contributed by atoms with Crippen molar-refractivity contribution in [1.82, 2.24) is 10.2 Å². The molecule has 3 N–H and O–H groups in total. The van der Waals surface area contributed by atoms with E-state index < -0.39 is 0 Å². The second kappa shape index (κ2) is 4.17. The van der Waals surface area contributed by atoms with E-state index in [0.29, 0.717) is 25.0 Å². The van der Waals surface area contributed by atoms with E-state index in [4.69, 9.17) is 5.73 Å². The summed E-state index contributed by atoms with van der Waals surface area (Å²) in [5.74, 6) is 0.710. The molecular weight excluding hydrogens is 178 g/mol. The van der Waals surface area contributed by atoms with E-state index >= 15 is 0 Å². The Kier molecular flexibility index (Phi) is 2.91. The first-order chi connectivity index (χ1) is 6.81. The second-order valence-corrected chi connectivity index (χ2v) is 4.34. The van der Waals surface area contributed by atoms with Crippen LogP contribution in [-0.4, -0.2) is 36.6 Å². The van der Waals surface area contributed by atoms with Gasteiger partial charge in [-0.1, -0.05) is 12.8 Å². The molecule has 14 heavy (non-hydrogen) atoms. The topological polar surface area (TPSA) is 58.4 Å². The van der Waals surface area contributed by atoms with Crippen molar-refractivity contribution < 1.29 is 4.79 Å². The lowest BCUT2D eigenvalue weighted by molar-refractivity contribution is 0.218. The number of carbonyl (C=O) groups is 1. The highest BCUT2D eigenvalue weighted by Crippen LogP contribution is 2.29. The molecule has 0 aromatic heterocycles. The Labute approximate surface area is 84.8 Å². The fourth-order valence-electron chi connectivity index (χ4n) is 2.59. The van der Waals surface area contributed by atoms with Crippen molar-refractivity contribution in [3.63, 3.8) is 0 Å². The highest BCUT2D eigenvalue weighted by molar-refractivity contribution is 5.76. The zero-order chi connectivity index (χ0) is 9.97. The third-order valence-corrected chi connectivity index (χ3v) is 3.38. The first-order valence-electron chi connectivity index (χ1n) is 5.57. The Balaban J connectivity index is 1.88. The number of nitrogens with two attached hydrogens (primary N) is 1. The molecule has 2 rings (SSSR count). The number of hydrogen-bond donors (Lipinski definition) is 2. The standard InChI is InChI=1S/C10H19N3O/c11-5-6-13-7-9(12-10(13)14)8-3-1-2-4-8/h8-9H,1-7,11H2,(H,12,14). The summed E-state index contributed by atoms with van der Waals surface area (Å²) in [7, 11) is 0. The van der Waals surface area contributed by atoms with Gasteiger partial charge in [0.15, 0.2) is 0 Å². The van der Waals surface area contributed by atoms with Gasteiger partial charge in [-0.2, -0.15) is 0 Å². The monoisotopic (exact) mass is 197 g/mol. The molecule has 0 radical (unpaired) electrons. The Morgan fingerprint density at radius 2 is 2.14 bits per heavy atom. The maximum atomic E-state index is 11.5. The van der Waals surface area contributed by atoms with Crippen LogP contribution in [0.5, 0.6) is 0 Å². The van der Waals surface area contributed by atoms with Crippen molar-refractivity contribution >= 4 is 6.03 Å². The summed E-state index contributed by atoms with van der Waals surface area (Å²) in [6.07, 6.45) is 5.21. The molecule has 4 heteroatoms.